The summed E-state index contributed by atoms with van der Waals surface area (Å²) in [6.07, 6.45) is 3.11. The molecule has 2 aromatic heterocycles. The van der Waals surface area contributed by atoms with Crippen LogP contribution in [-0.4, -0.2) is 32.5 Å². The topological polar surface area (TPSA) is 98.9 Å². The van der Waals surface area contributed by atoms with Gasteiger partial charge >= 0.3 is 0 Å². The van der Waals surface area contributed by atoms with Crippen molar-refractivity contribution in [3.05, 3.63) is 74.6 Å². The van der Waals surface area contributed by atoms with Crippen molar-refractivity contribution in [3.8, 4) is 0 Å². The normalized spacial score (nSPS) is 17.1. The van der Waals surface area contributed by atoms with Gasteiger partial charge in [0.15, 0.2) is 5.69 Å². The van der Waals surface area contributed by atoms with Gasteiger partial charge in [0.05, 0.1) is 11.4 Å². The van der Waals surface area contributed by atoms with Crippen LogP contribution in [0.5, 0.6) is 0 Å². The lowest BCUT2D eigenvalue weighted by molar-refractivity contribution is 0.0730. The van der Waals surface area contributed by atoms with Gasteiger partial charge in [0.1, 0.15) is 0 Å². The second-order valence-electron chi connectivity index (χ2n) is 6.06. The number of fused-ring (bicyclic) bond motifs is 1. The maximum atomic E-state index is 13.1. The first-order valence-corrected chi connectivity index (χ1v) is 8.13. The average molecular weight is 336 g/mol. The zero-order valence-electron chi connectivity index (χ0n) is 13.4. The summed E-state index contributed by atoms with van der Waals surface area (Å²) in [5.41, 5.74) is 0.257. The quantitative estimate of drug-likeness (QED) is 0.742. The van der Waals surface area contributed by atoms with Gasteiger partial charge in [-0.3, -0.25) is 14.4 Å². The second-order valence-corrected chi connectivity index (χ2v) is 6.06. The fourth-order valence-electron chi connectivity index (χ4n) is 3.44. The number of rotatable bonds is 2. The molecule has 1 atom stereocenters. The lowest BCUT2D eigenvalue weighted by Gasteiger charge is -2.24. The number of H-pyrrole nitrogens is 2. The van der Waals surface area contributed by atoms with Gasteiger partial charge in [0.25, 0.3) is 17.0 Å². The highest BCUT2D eigenvalue weighted by molar-refractivity contribution is 6.04. The van der Waals surface area contributed by atoms with E-state index in [-0.39, 0.29) is 28.8 Å². The lowest BCUT2D eigenvalue weighted by Crippen LogP contribution is -2.34. The number of nitrogens with one attached hydrogen (secondary N) is 2. The summed E-state index contributed by atoms with van der Waals surface area (Å²) in [4.78, 5) is 41.4. The second kappa shape index (κ2) is 6.01. The summed E-state index contributed by atoms with van der Waals surface area (Å²) >= 11 is 0. The Kier molecular flexibility index (Phi) is 3.68. The van der Waals surface area contributed by atoms with Crippen LogP contribution in [0.3, 0.4) is 0 Å². The first kappa shape index (κ1) is 15.3. The molecule has 1 fully saturated rings. The van der Waals surface area contributed by atoms with Crippen LogP contribution in [0, 0.1) is 0 Å². The van der Waals surface area contributed by atoms with Crippen molar-refractivity contribution in [2.24, 2.45) is 0 Å². The molecule has 1 unspecified atom stereocenters. The van der Waals surface area contributed by atoms with Crippen LogP contribution >= 0.6 is 0 Å². The summed E-state index contributed by atoms with van der Waals surface area (Å²) in [6.45, 7) is 0.549. The Balaban J connectivity index is 1.79. The van der Waals surface area contributed by atoms with Gasteiger partial charge in [-0.15, -0.1) is 0 Å². The van der Waals surface area contributed by atoms with Gasteiger partial charge in [-0.25, -0.2) is 5.10 Å². The summed E-state index contributed by atoms with van der Waals surface area (Å²) < 4.78 is 0. The van der Waals surface area contributed by atoms with Crippen LogP contribution < -0.4 is 11.1 Å². The summed E-state index contributed by atoms with van der Waals surface area (Å²) in [5, 5.41) is 7.32. The fourth-order valence-corrected chi connectivity index (χ4v) is 3.44. The van der Waals surface area contributed by atoms with E-state index in [0.717, 1.165) is 12.8 Å². The smallest absolute Gasteiger partial charge is 0.275 e. The van der Waals surface area contributed by atoms with E-state index in [2.05, 4.69) is 15.2 Å². The number of benzene rings is 1. The molecule has 1 aliphatic rings. The molecule has 0 aliphatic carbocycles. The minimum absolute atomic E-state index is 0.188. The standard InChI is InChI=1S/C18H16N4O3/c23-16-13(7-3-9-19-16)14-8-4-10-22(14)18(25)15-11-5-1-2-6-12(11)17(24)21-20-15/h1-3,5-7,9,14H,4,8,10H2,(H,19,23)(H,21,24). The van der Waals surface area contributed by atoms with Crippen molar-refractivity contribution in [1.82, 2.24) is 20.1 Å². The van der Waals surface area contributed by atoms with Crippen LogP contribution in [0.4, 0.5) is 0 Å². The van der Waals surface area contributed by atoms with Crippen LogP contribution in [0.25, 0.3) is 10.8 Å². The molecular weight excluding hydrogens is 320 g/mol. The van der Waals surface area contributed by atoms with E-state index in [1.165, 1.54) is 0 Å². The highest BCUT2D eigenvalue weighted by Gasteiger charge is 2.33. The van der Waals surface area contributed by atoms with Gasteiger partial charge in [-0.05, 0) is 31.0 Å². The maximum absolute atomic E-state index is 13.1. The molecule has 0 radical (unpaired) electrons. The number of hydrogen-bond donors (Lipinski definition) is 2. The van der Waals surface area contributed by atoms with E-state index < -0.39 is 0 Å². The molecule has 0 saturated carbocycles. The fraction of sp³-hybridized carbons (Fsp3) is 0.222. The van der Waals surface area contributed by atoms with E-state index in [1.807, 2.05) is 0 Å². The highest BCUT2D eigenvalue weighted by atomic mass is 16.2. The molecule has 3 heterocycles. The number of likely N-dealkylation sites (tertiary alicyclic amines) is 1. The molecule has 7 nitrogen and oxygen atoms in total. The third-order valence-corrected chi connectivity index (χ3v) is 4.62. The summed E-state index contributed by atoms with van der Waals surface area (Å²) in [5.74, 6) is -0.279. The largest absolute Gasteiger partial charge is 0.330 e. The molecular formula is C18H16N4O3. The molecule has 1 aromatic carbocycles. The van der Waals surface area contributed by atoms with Gasteiger partial charge in [-0.2, -0.15) is 5.10 Å². The molecule has 126 valence electrons. The van der Waals surface area contributed by atoms with Crippen molar-refractivity contribution in [2.45, 2.75) is 18.9 Å². The predicted octanol–water partition coefficient (Wildman–Crippen LogP) is 1.59. The van der Waals surface area contributed by atoms with Crippen LogP contribution in [0.15, 0.2) is 52.2 Å². The van der Waals surface area contributed by atoms with E-state index in [1.54, 1.807) is 47.5 Å². The lowest BCUT2D eigenvalue weighted by atomic mass is 10.1. The first-order valence-electron chi connectivity index (χ1n) is 8.13. The van der Waals surface area contributed by atoms with Crippen LogP contribution in [0.1, 0.15) is 34.9 Å². The molecule has 3 aromatic rings. The summed E-state index contributed by atoms with van der Waals surface area (Å²) in [6, 6.07) is 10.1. The molecule has 0 bridgehead atoms. The number of aromatic amines is 2. The van der Waals surface area contributed by atoms with Crippen LogP contribution in [-0.2, 0) is 0 Å². The Hall–Kier alpha value is -3.22. The van der Waals surface area contributed by atoms with Gasteiger partial charge in [0, 0.05) is 23.7 Å². The van der Waals surface area contributed by atoms with Gasteiger partial charge in [0.2, 0.25) is 0 Å². The molecule has 4 rings (SSSR count). The zero-order valence-corrected chi connectivity index (χ0v) is 13.4. The van der Waals surface area contributed by atoms with Crippen molar-refractivity contribution >= 4 is 16.7 Å². The molecule has 2 N–H and O–H groups in total. The Labute approximate surface area is 142 Å². The predicted molar refractivity (Wildman–Crippen MR) is 92.4 cm³/mol. The third kappa shape index (κ3) is 2.53. The van der Waals surface area contributed by atoms with E-state index >= 15 is 0 Å². The maximum Gasteiger partial charge on any atom is 0.275 e. The average Bonchev–Trinajstić information content (AvgIpc) is 3.12. The number of nitrogens with zero attached hydrogens (tertiary/aromatic N) is 2. The molecule has 7 heteroatoms. The summed E-state index contributed by atoms with van der Waals surface area (Å²) in [7, 11) is 0. The Morgan fingerprint density at radius 2 is 1.88 bits per heavy atom. The molecule has 1 amide bonds. The number of pyridine rings is 1. The number of aromatic nitrogens is 3. The van der Waals surface area contributed by atoms with Crippen molar-refractivity contribution in [3.63, 3.8) is 0 Å². The van der Waals surface area contributed by atoms with E-state index in [4.69, 9.17) is 0 Å². The Morgan fingerprint density at radius 1 is 1.08 bits per heavy atom. The molecule has 1 saturated heterocycles. The van der Waals surface area contributed by atoms with Gasteiger partial charge in [-0.1, -0.05) is 18.2 Å². The molecule has 0 spiro atoms. The number of carbonyl (C=O) groups is 1. The highest BCUT2D eigenvalue weighted by Crippen LogP contribution is 2.31. The molecule has 1 aliphatic heterocycles. The zero-order chi connectivity index (χ0) is 17.4. The number of amides is 1. The monoisotopic (exact) mass is 336 g/mol. The van der Waals surface area contributed by atoms with Crippen molar-refractivity contribution in [2.75, 3.05) is 6.54 Å². The third-order valence-electron chi connectivity index (χ3n) is 4.62. The van der Waals surface area contributed by atoms with Crippen LogP contribution in [0.2, 0.25) is 0 Å². The van der Waals surface area contributed by atoms with Crippen molar-refractivity contribution in [1.29, 1.82) is 0 Å². The van der Waals surface area contributed by atoms with Crippen molar-refractivity contribution < 1.29 is 4.79 Å². The molecule has 25 heavy (non-hydrogen) atoms. The SMILES string of the molecule is O=C(c1n[nH]c(=O)c2ccccc12)N1CCCC1c1ccc[nH]c1=O. The van der Waals surface area contributed by atoms with E-state index in [0.29, 0.717) is 22.9 Å². The number of carbonyl (C=O) groups excluding carboxylic acids is 1. The number of hydrogen-bond acceptors (Lipinski definition) is 4. The minimum Gasteiger partial charge on any atom is -0.330 e. The Bertz CT molecular complexity index is 1070. The minimum atomic E-state index is -0.329. The Morgan fingerprint density at radius 3 is 2.68 bits per heavy atom. The van der Waals surface area contributed by atoms with E-state index in [9.17, 15) is 14.4 Å². The van der Waals surface area contributed by atoms with Gasteiger partial charge < -0.3 is 9.88 Å². The first-order chi connectivity index (χ1) is 12.2.